The summed E-state index contributed by atoms with van der Waals surface area (Å²) in [6.07, 6.45) is 6.64. The van der Waals surface area contributed by atoms with Crippen LogP contribution in [0.5, 0.6) is 0 Å². The Labute approximate surface area is 233 Å². The summed E-state index contributed by atoms with van der Waals surface area (Å²) in [6.45, 7) is 16.1. The molecule has 0 unspecified atom stereocenters. The van der Waals surface area contributed by atoms with Crippen molar-refractivity contribution in [2.24, 2.45) is 0 Å². The van der Waals surface area contributed by atoms with E-state index in [1.807, 2.05) is 57.3 Å². The summed E-state index contributed by atoms with van der Waals surface area (Å²) >= 11 is 0. The van der Waals surface area contributed by atoms with E-state index in [0.717, 1.165) is 47.7 Å². The quantitative estimate of drug-likeness (QED) is 0.326. The number of likely N-dealkylation sites (tertiary alicyclic amines) is 1. The second kappa shape index (κ2) is 11.0. The Kier molecular flexibility index (Phi) is 8.03. The van der Waals surface area contributed by atoms with Gasteiger partial charge < -0.3 is 15.2 Å². The predicted octanol–water partition coefficient (Wildman–Crippen LogP) is 6.84. The molecule has 39 heavy (non-hydrogen) atoms. The van der Waals surface area contributed by atoms with Crippen LogP contribution in [0.2, 0.25) is 0 Å². The molecule has 0 saturated carbocycles. The van der Waals surface area contributed by atoms with Crippen LogP contribution in [0, 0.1) is 0 Å². The van der Waals surface area contributed by atoms with Crippen LogP contribution in [0.3, 0.4) is 0 Å². The van der Waals surface area contributed by atoms with Crippen LogP contribution in [-0.2, 0) is 16.6 Å². The number of anilines is 2. The molecular weight excluding hydrogens is 486 g/mol. The topological polar surface area (TPSA) is 83.3 Å². The van der Waals surface area contributed by atoms with Gasteiger partial charge in [-0.3, -0.25) is 9.69 Å². The predicted molar refractivity (Wildman–Crippen MR) is 159 cm³/mol. The van der Waals surface area contributed by atoms with E-state index in [-0.39, 0.29) is 28.8 Å². The van der Waals surface area contributed by atoms with Gasteiger partial charge in [-0.1, -0.05) is 61.8 Å². The Morgan fingerprint density at radius 1 is 1.00 bits per heavy atom. The summed E-state index contributed by atoms with van der Waals surface area (Å²) in [5.74, 6) is 1.91. The Morgan fingerprint density at radius 3 is 2.21 bits per heavy atom. The highest BCUT2D eigenvalue weighted by Gasteiger charge is 2.40. The monoisotopic (exact) mass is 529 g/mol. The summed E-state index contributed by atoms with van der Waals surface area (Å²) in [5, 5.41) is 10.2. The molecular formula is C32H43N5O2. The average molecular weight is 530 g/mol. The average Bonchev–Trinajstić information content (AvgIpc) is 3.32. The smallest absolute Gasteiger partial charge is 0.230 e. The molecule has 0 bridgehead atoms. The molecule has 1 aliphatic rings. The van der Waals surface area contributed by atoms with E-state index in [1.54, 1.807) is 6.07 Å². The number of nitrogens with zero attached hydrogens (tertiary/aromatic N) is 3. The maximum Gasteiger partial charge on any atom is 0.230 e. The molecule has 4 rings (SSSR count). The first-order valence-electron chi connectivity index (χ1n) is 13.7. The fourth-order valence-electron chi connectivity index (χ4n) is 5.22. The highest BCUT2D eigenvalue weighted by Crippen LogP contribution is 2.39. The Morgan fingerprint density at radius 2 is 1.64 bits per heavy atom. The van der Waals surface area contributed by atoms with Crippen LogP contribution in [0.4, 0.5) is 11.6 Å². The van der Waals surface area contributed by atoms with Gasteiger partial charge in [-0.25, -0.2) is 4.98 Å². The standard InChI is InChI=1S/C32H43N5O2/c1-30(2,3)26-18-28(36-39-26)35-29(38)17-22-9-11-24(12-10-22)25-13-14-27(34-21-25)33-16-15-23-19-31(4,5)37(8)32(6,7)20-23/h9-15,18,21H,16-17,19-20H2,1-8H3,(H,33,34)(H,35,36,38). The molecule has 208 valence electrons. The molecule has 7 heteroatoms. The van der Waals surface area contributed by atoms with Crippen LogP contribution < -0.4 is 10.6 Å². The molecule has 1 saturated heterocycles. The number of hydrogen-bond acceptors (Lipinski definition) is 6. The molecule has 1 aliphatic heterocycles. The van der Waals surface area contributed by atoms with Crippen molar-refractivity contribution in [1.29, 1.82) is 0 Å². The molecule has 3 heterocycles. The van der Waals surface area contributed by atoms with Crippen molar-refractivity contribution >= 4 is 17.5 Å². The lowest BCUT2D eigenvalue weighted by molar-refractivity contribution is -0.115. The third kappa shape index (κ3) is 7.15. The molecule has 0 spiro atoms. The number of benzene rings is 1. The molecule has 1 amide bonds. The van der Waals surface area contributed by atoms with Gasteiger partial charge >= 0.3 is 0 Å². The number of carbonyl (C=O) groups is 1. The maximum atomic E-state index is 12.5. The van der Waals surface area contributed by atoms with Gasteiger partial charge in [0.05, 0.1) is 6.42 Å². The SMILES string of the molecule is CN1C(C)(C)CC(=CCNc2ccc(-c3ccc(CC(=O)Nc4cc(C(C)(C)C)on4)cc3)cn2)CC1(C)C. The lowest BCUT2D eigenvalue weighted by Crippen LogP contribution is -2.56. The normalized spacial score (nSPS) is 17.1. The minimum atomic E-state index is -0.159. The number of aromatic nitrogens is 2. The summed E-state index contributed by atoms with van der Waals surface area (Å²) in [7, 11) is 2.23. The van der Waals surface area contributed by atoms with Crippen LogP contribution in [0.25, 0.3) is 11.1 Å². The van der Waals surface area contributed by atoms with Gasteiger partial charge in [0.25, 0.3) is 0 Å². The minimum Gasteiger partial charge on any atom is -0.367 e. The van der Waals surface area contributed by atoms with Gasteiger partial charge in [0.15, 0.2) is 5.82 Å². The van der Waals surface area contributed by atoms with E-state index in [4.69, 9.17) is 4.52 Å². The first-order chi connectivity index (χ1) is 18.2. The number of rotatable bonds is 7. The highest BCUT2D eigenvalue weighted by molar-refractivity contribution is 5.91. The van der Waals surface area contributed by atoms with Crippen LogP contribution in [0.15, 0.2) is 64.8 Å². The molecule has 2 aromatic heterocycles. The first-order valence-corrected chi connectivity index (χ1v) is 13.7. The zero-order valence-electron chi connectivity index (χ0n) is 24.7. The first kappa shape index (κ1) is 28.6. The largest absolute Gasteiger partial charge is 0.367 e. The maximum absolute atomic E-state index is 12.5. The van der Waals surface area contributed by atoms with Crippen molar-refractivity contribution in [3.8, 4) is 11.1 Å². The number of hydrogen-bond donors (Lipinski definition) is 2. The highest BCUT2D eigenvalue weighted by atomic mass is 16.5. The molecule has 1 fully saturated rings. The number of piperidine rings is 1. The Bertz CT molecular complexity index is 1290. The molecule has 2 N–H and O–H groups in total. The van der Waals surface area contributed by atoms with E-state index in [1.165, 1.54) is 5.57 Å². The van der Waals surface area contributed by atoms with Crippen LogP contribution in [-0.4, -0.2) is 45.6 Å². The fraction of sp³-hybridized carbons (Fsp3) is 0.469. The summed E-state index contributed by atoms with van der Waals surface area (Å²) in [4.78, 5) is 19.6. The number of carbonyl (C=O) groups excluding carboxylic acids is 1. The number of amides is 1. The molecule has 0 radical (unpaired) electrons. The number of pyridine rings is 1. The second-order valence-electron chi connectivity index (χ2n) is 13.0. The summed E-state index contributed by atoms with van der Waals surface area (Å²) in [6, 6.07) is 13.9. The Balaban J connectivity index is 1.30. The third-order valence-corrected chi connectivity index (χ3v) is 7.74. The van der Waals surface area contributed by atoms with E-state index < -0.39 is 0 Å². The van der Waals surface area contributed by atoms with Crippen molar-refractivity contribution in [2.45, 2.75) is 84.2 Å². The zero-order valence-corrected chi connectivity index (χ0v) is 24.7. The second-order valence-corrected chi connectivity index (χ2v) is 13.0. The van der Waals surface area contributed by atoms with Crippen molar-refractivity contribution < 1.29 is 9.32 Å². The van der Waals surface area contributed by atoms with E-state index in [9.17, 15) is 4.79 Å². The third-order valence-electron chi connectivity index (χ3n) is 7.74. The van der Waals surface area contributed by atoms with Gasteiger partial charge in [-0.15, -0.1) is 0 Å². The lowest BCUT2D eigenvalue weighted by Gasteiger charge is -2.52. The van der Waals surface area contributed by atoms with E-state index in [2.05, 4.69) is 72.6 Å². The van der Waals surface area contributed by atoms with Crippen LogP contribution in [0.1, 0.15) is 72.6 Å². The van der Waals surface area contributed by atoms with E-state index >= 15 is 0 Å². The molecule has 0 aliphatic carbocycles. The van der Waals surface area contributed by atoms with Gasteiger partial charge in [0, 0.05) is 40.9 Å². The lowest BCUT2D eigenvalue weighted by atomic mass is 9.77. The van der Waals surface area contributed by atoms with Crippen molar-refractivity contribution in [3.05, 3.63) is 71.6 Å². The van der Waals surface area contributed by atoms with Crippen molar-refractivity contribution in [3.63, 3.8) is 0 Å². The fourth-order valence-corrected chi connectivity index (χ4v) is 5.22. The molecule has 7 nitrogen and oxygen atoms in total. The number of nitrogens with one attached hydrogen (secondary N) is 2. The van der Waals surface area contributed by atoms with E-state index in [0.29, 0.717) is 5.82 Å². The Hall–Kier alpha value is -3.45. The van der Waals surface area contributed by atoms with Gasteiger partial charge in [0.2, 0.25) is 5.91 Å². The van der Waals surface area contributed by atoms with Gasteiger partial charge in [0.1, 0.15) is 11.6 Å². The molecule has 1 aromatic carbocycles. The summed E-state index contributed by atoms with van der Waals surface area (Å²) in [5.41, 5.74) is 4.66. The molecule has 0 atom stereocenters. The zero-order chi connectivity index (χ0) is 28.4. The van der Waals surface area contributed by atoms with Crippen LogP contribution >= 0.6 is 0 Å². The van der Waals surface area contributed by atoms with Crippen molar-refractivity contribution in [1.82, 2.24) is 15.0 Å². The van der Waals surface area contributed by atoms with Gasteiger partial charge in [-0.05, 0) is 70.8 Å². The van der Waals surface area contributed by atoms with Gasteiger partial charge in [-0.2, -0.15) is 0 Å². The summed E-state index contributed by atoms with van der Waals surface area (Å²) < 4.78 is 5.34. The van der Waals surface area contributed by atoms with Crippen molar-refractivity contribution in [2.75, 3.05) is 24.2 Å². The minimum absolute atomic E-state index is 0.129. The molecule has 3 aromatic rings.